The molecule has 1 N–H and O–H groups in total. The van der Waals surface area contributed by atoms with Crippen LogP contribution in [-0.4, -0.2) is 38.8 Å². The number of aromatic amines is 1. The van der Waals surface area contributed by atoms with Crippen LogP contribution in [-0.2, 0) is 16.0 Å². The van der Waals surface area contributed by atoms with Crippen LogP contribution in [0.2, 0.25) is 0 Å². The second-order valence-corrected chi connectivity index (χ2v) is 7.74. The highest BCUT2D eigenvalue weighted by molar-refractivity contribution is 5.95. The highest BCUT2D eigenvalue weighted by atomic mass is 19.1. The van der Waals surface area contributed by atoms with Gasteiger partial charge in [0.15, 0.2) is 0 Å². The van der Waals surface area contributed by atoms with Gasteiger partial charge in [-0.05, 0) is 51.0 Å². The Hall–Kier alpha value is -4.26. The van der Waals surface area contributed by atoms with Gasteiger partial charge in [0.1, 0.15) is 17.4 Å². The van der Waals surface area contributed by atoms with E-state index >= 15 is 0 Å². The van der Waals surface area contributed by atoms with E-state index in [9.17, 15) is 14.4 Å². The first-order valence-corrected chi connectivity index (χ1v) is 10.8. The Balaban J connectivity index is 1.66. The highest BCUT2D eigenvalue weighted by Crippen LogP contribution is 2.32. The third-order valence-corrected chi connectivity index (χ3v) is 5.00. The average Bonchev–Trinajstić information content (AvgIpc) is 3.46. The Morgan fingerprint density at radius 1 is 1.35 bits per heavy atom. The van der Waals surface area contributed by atoms with E-state index in [0.29, 0.717) is 40.6 Å². The fourth-order valence-electron chi connectivity index (χ4n) is 3.54. The van der Waals surface area contributed by atoms with E-state index in [1.54, 1.807) is 25.3 Å². The number of nitriles is 1. The zero-order valence-corrected chi connectivity index (χ0v) is 18.9. The number of pyridine rings is 1. The lowest BCUT2D eigenvalue weighted by molar-refractivity contribution is -0.143. The van der Waals surface area contributed by atoms with Crippen LogP contribution in [0.15, 0.2) is 35.1 Å². The third-order valence-electron chi connectivity index (χ3n) is 5.00. The molecule has 0 fully saturated rings. The maximum atomic E-state index is 14.7. The monoisotopic (exact) mass is 463 g/mol. The van der Waals surface area contributed by atoms with E-state index in [0.717, 1.165) is 0 Å². The fraction of sp³-hybridized carbons (Fsp3) is 0.292. The number of ether oxygens (including phenoxy) is 2. The normalized spacial score (nSPS) is 11.1. The Kier molecular flexibility index (Phi) is 6.54. The smallest absolute Gasteiger partial charge is 0.306 e. The van der Waals surface area contributed by atoms with Gasteiger partial charge in [0.05, 0.1) is 23.8 Å². The van der Waals surface area contributed by atoms with E-state index < -0.39 is 5.82 Å². The van der Waals surface area contributed by atoms with Crippen molar-refractivity contribution in [1.82, 2.24) is 20.1 Å². The minimum atomic E-state index is -0.425. The first-order valence-electron chi connectivity index (χ1n) is 10.8. The van der Waals surface area contributed by atoms with Crippen molar-refractivity contribution < 1.29 is 23.2 Å². The quantitative estimate of drug-likeness (QED) is 0.376. The van der Waals surface area contributed by atoms with Crippen LogP contribution in [0.3, 0.4) is 0 Å². The third kappa shape index (κ3) is 4.59. The Bertz CT molecular complexity index is 1390. The van der Waals surface area contributed by atoms with Crippen LogP contribution in [0.1, 0.15) is 38.3 Å². The van der Waals surface area contributed by atoms with Gasteiger partial charge in [0, 0.05) is 29.8 Å². The minimum absolute atomic E-state index is 0.135. The van der Waals surface area contributed by atoms with Gasteiger partial charge in [-0.2, -0.15) is 10.2 Å². The summed E-state index contributed by atoms with van der Waals surface area (Å²) in [5.41, 5.74) is 2.36. The SMILES string of the molecule is CCOC(=O)CCc1c[nH]c2c(-c3noc(-c4cnc(OC(C)C)c(C#N)c4)n3)ccc(F)c12. The molecule has 0 bridgehead atoms. The number of aromatic nitrogens is 4. The summed E-state index contributed by atoms with van der Waals surface area (Å²) in [6, 6.07) is 6.49. The number of aryl methyl sites for hydroxylation is 1. The van der Waals surface area contributed by atoms with Gasteiger partial charge >= 0.3 is 5.97 Å². The van der Waals surface area contributed by atoms with Gasteiger partial charge < -0.3 is 19.0 Å². The maximum Gasteiger partial charge on any atom is 0.306 e. The number of halogens is 1. The Morgan fingerprint density at radius 2 is 2.18 bits per heavy atom. The number of hydrogen-bond acceptors (Lipinski definition) is 8. The molecule has 3 aromatic heterocycles. The summed E-state index contributed by atoms with van der Waals surface area (Å²) in [5.74, 6) is -0.151. The van der Waals surface area contributed by atoms with E-state index in [4.69, 9.17) is 14.0 Å². The lowest BCUT2D eigenvalue weighted by Gasteiger charge is -2.09. The van der Waals surface area contributed by atoms with Crippen molar-refractivity contribution in [3.05, 3.63) is 47.5 Å². The van der Waals surface area contributed by atoms with Crippen LogP contribution in [0.4, 0.5) is 4.39 Å². The van der Waals surface area contributed by atoms with Gasteiger partial charge in [-0.25, -0.2) is 9.37 Å². The molecule has 0 radical (unpaired) electrons. The number of nitrogens with zero attached hydrogens (tertiary/aromatic N) is 4. The van der Waals surface area contributed by atoms with Crippen molar-refractivity contribution >= 4 is 16.9 Å². The number of nitrogens with one attached hydrogen (secondary N) is 1. The number of benzene rings is 1. The van der Waals surface area contributed by atoms with E-state index in [-0.39, 0.29) is 41.7 Å². The molecule has 0 atom stereocenters. The van der Waals surface area contributed by atoms with Gasteiger partial charge in [-0.15, -0.1) is 0 Å². The number of fused-ring (bicyclic) bond motifs is 1. The molecule has 0 saturated heterocycles. The number of hydrogen-bond donors (Lipinski definition) is 1. The number of carbonyl (C=O) groups excluding carboxylic acids is 1. The zero-order valence-electron chi connectivity index (χ0n) is 18.9. The molecule has 174 valence electrons. The molecule has 34 heavy (non-hydrogen) atoms. The zero-order chi connectivity index (χ0) is 24.2. The molecule has 0 amide bonds. The first-order chi connectivity index (χ1) is 16.4. The van der Waals surface area contributed by atoms with E-state index in [2.05, 4.69) is 26.2 Å². The van der Waals surface area contributed by atoms with Crippen molar-refractivity contribution in [2.45, 2.75) is 39.7 Å². The molecule has 0 saturated carbocycles. The van der Waals surface area contributed by atoms with Crippen LogP contribution in [0, 0.1) is 17.1 Å². The average molecular weight is 463 g/mol. The number of rotatable bonds is 8. The number of esters is 1. The topological polar surface area (TPSA) is 127 Å². The van der Waals surface area contributed by atoms with E-state index in [1.165, 1.54) is 12.3 Å². The largest absolute Gasteiger partial charge is 0.474 e. The van der Waals surface area contributed by atoms with Crippen molar-refractivity contribution in [3.63, 3.8) is 0 Å². The summed E-state index contributed by atoms with van der Waals surface area (Å²) < 4.78 is 30.6. The highest BCUT2D eigenvalue weighted by Gasteiger charge is 2.20. The molecule has 0 spiro atoms. The molecular weight excluding hydrogens is 441 g/mol. The van der Waals surface area contributed by atoms with Gasteiger partial charge in [-0.3, -0.25) is 4.79 Å². The van der Waals surface area contributed by atoms with Crippen molar-refractivity contribution in [3.8, 4) is 34.8 Å². The summed E-state index contributed by atoms with van der Waals surface area (Å²) in [6.45, 7) is 5.71. The maximum absolute atomic E-state index is 14.7. The van der Waals surface area contributed by atoms with Crippen LogP contribution in [0.25, 0.3) is 33.7 Å². The molecular formula is C24H22FN5O4. The molecule has 0 aliphatic heterocycles. The van der Waals surface area contributed by atoms with Crippen molar-refractivity contribution in [1.29, 1.82) is 5.26 Å². The summed E-state index contributed by atoms with van der Waals surface area (Å²) in [5, 5.41) is 13.8. The standard InChI is InChI=1S/C24H22FN5O4/c1-4-32-19(31)8-5-14-11-27-21-17(6-7-18(25)20(14)21)22-29-24(34-30-22)16-9-15(10-26)23(28-12-16)33-13(2)3/h6-7,9,11-13,27H,4-5,8H2,1-3H3. The predicted molar refractivity (Wildman–Crippen MR) is 120 cm³/mol. The minimum Gasteiger partial charge on any atom is -0.474 e. The molecule has 0 aliphatic rings. The summed E-state index contributed by atoms with van der Waals surface area (Å²) in [4.78, 5) is 23.4. The van der Waals surface area contributed by atoms with Crippen LogP contribution < -0.4 is 4.74 Å². The van der Waals surface area contributed by atoms with Gasteiger partial charge in [-0.1, -0.05) is 5.16 Å². The second kappa shape index (κ2) is 9.70. The molecule has 4 aromatic rings. The van der Waals surface area contributed by atoms with Gasteiger partial charge in [0.25, 0.3) is 5.89 Å². The molecule has 0 unspecified atom stereocenters. The summed E-state index contributed by atoms with van der Waals surface area (Å²) in [7, 11) is 0. The molecule has 1 aromatic carbocycles. The van der Waals surface area contributed by atoms with Gasteiger partial charge in [0.2, 0.25) is 11.7 Å². The van der Waals surface area contributed by atoms with Crippen LogP contribution >= 0.6 is 0 Å². The Labute approximate surface area is 194 Å². The molecule has 0 aliphatic carbocycles. The molecule has 4 rings (SSSR count). The summed E-state index contributed by atoms with van der Waals surface area (Å²) >= 11 is 0. The molecule has 9 nitrogen and oxygen atoms in total. The summed E-state index contributed by atoms with van der Waals surface area (Å²) in [6.07, 6.45) is 3.47. The molecule has 10 heteroatoms. The fourth-order valence-corrected chi connectivity index (χ4v) is 3.54. The van der Waals surface area contributed by atoms with E-state index in [1.807, 2.05) is 13.8 Å². The molecule has 3 heterocycles. The number of H-pyrrole nitrogens is 1. The lowest BCUT2D eigenvalue weighted by atomic mass is 10.0. The number of carbonyl (C=O) groups is 1. The second-order valence-electron chi connectivity index (χ2n) is 7.74. The van der Waals surface area contributed by atoms with Crippen molar-refractivity contribution in [2.75, 3.05) is 6.61 Å². The predicted octanol–water partition coefficient (Wildman–Crippen LogP) is 4.57. The Morgan fingerprint density at radius 3 is 2.91 bits per heavy atom. The first kappa shape index (κ1) is 22.9. The van der Waals surface area contributed by atoms with Crippen LogP contribution in [0.5, 0.6) is 5.88 Å². The lowest BCUT2D eigenvalue weighted by Crippen LogP contribution is -2.08. The van der Waals surface area contributed by atoms with Crippen molar-refractivity contribution in [2.24, 2.45) is 0 Å².